The van der Waals surface area contributed by atoms with Crippen LogP contribution in [0.4, 0.5) is 5.69 Å². The molecule has 2 N–H and O–H groups in total. The van der Waals surface area contributed by atoms with Crippen LogP contribution in [0.5, 0.6) is 0 Å². The fourth-order valence-electron chi connectivity index (χ4n) is 2.58. The van der Waals surface area contributed by atoms with Crippen molar-refractivity contribution in [2.45, 2.75) is 26.2 Å². The zero-order valence-electron chi connectivity index (χ0n) is 13.0. The summed E-state index contributed by atoms with van der Waals surface area (Å²) in [6.45, 7) is 3.49. The third-order valence-electron chi connectivity index (χ3n) is 3.68. The number of carbonyl (C=O) groups excluding carboxylic acids is 2. The molecule has 1 amide bonds. The number of hydrogen-bond acceptors (Lipinski definition) is 5. The van der Waals surface area contributed by atoms with E-state index in [9.17, 15) is 9.59 Å². The lowest BCUT2D eigenvalue weighted by atomic mass is 10.1. The summed E-state index contributed by atoms with van der Waals surface area (Å²) in [7, 11) is 0. The third kappa shape index (κ3) is 3.98. The highest BCUT2D eigenvalue weighted by Crippen LogP contribution is 2.18. The first-order chi connectivity index (χ1) is 10.6. The van der Waals surface area contributed by atoms with Crippen LogP contribution in [-0.4, -0.2) is 48.1 Å². The molecule has 1 aromatic carbocycles. The van der Waals surface area contributed by atoms with Gasteiger partial charge in [0.15, 0.2) is 0 Å². The molecule has 22 heavy (non-hydrogen) atoms. The highest BCUT2D eigenvalue weighted by Gasteiger charge is 2.27. The van der Waals surface area contributed by atoms with Crippen molar-refractivity contribution < 1.29 is 14.3 Å². The molecule has 0 saturated carbocycles. The van der Waals surface area contributed by atoms with E-state index in [2.05, 4.69) is 0 Å². The normalized spacial score (nSPS) is 15.3. The minimum atomic E-state index is -0.407. The number of nitrogen functional groups attached to an aromatic ring is 1. The molecule has 1 fully saturated rings. The second-order valence-electron chi connectivity index (χ2n) is 5.27. The van der Waals surface area contributed by atoms with Gasteiger partial charge in [0.2, 0.25) is 0 Å². The summed E-state index contributed by atoms with van der Waals surface area (Å²) in [4.78, 5) is 24.6. The van der Waals surface area contributed by atoms with E-state index in [0.29, 0.717) is 17.9 Å². The lowest BCUT2D eigenvalue weighted by molar-refractivity contribution is -0.148. The molecule has 0 radical (unpaired) electrons. The van der Waals surface area contributed by atoms with Crippen molar-refractivity contribution in [3.63, 3.8) is 0 Å². The molecule has 1 aromatic rings. The van der Waals surface area contributed by atoms with Crippen molar-refractivity contribution in [1.82, 2.24) is 10.0 Å². The fourth-order valence-corrected chi connectivity index (χ4v) is 2.58. The SMILES string of the molecule is CCOC(=O)CN(C(=O)c1ccccc1N)N1CCCCC1. The Kier molecular flexibility index (Phi) is 5.77. The van der Waals surface area contributed by atoms with E-state index in [1.165, 1.54) is 5.01 Å². The van der Waals surface area contributed by atoms with E-state index in [4.69, 9.17) is 10.5 Å². The number of hydrazine groups is 1. The molecule has 2 rings (SSSR count). The van der Waals surface area contributed by atoms with Gasteiger partial charge in [-0.05, 0) is 31.9 Å². The maximum atomic E-state index is 12.8. The van der Waals surface area contributed by atoms with Crippen molar-refractivity contribution in [2.75, 3.05) is 32.0 Å². The lowest BCUT2D eigenvalue weighted by Gasteiger charge is -2.36. The Morgan fingerprint density at radius 1 is 1.23 bits per heavy atom. The van der Waals surface area contributed by atoms with E-state index in [-0.39, 0.29) is 12.5 Å². The van der Waals surface area contributed by atoms with Crippen LogP contribution in [0, 0.1) is 0 Å². The highest BCUT2D eigenvalue weighted by atomic mass is 16.5. The maximum absolute atomic E-state index is 12.8. The van der Waals surface area contributed by atoms with Crippen molar-refractivity contribution in [2.24, 2.45) is 0 Å². The zero-order valence-corrected chi connectivity index (χ0v) is 13.0. The molecular weight excluding hydrogens is 282 g/mol. The van der Waals surface area contributed by atoms with Gasteiger partial charge in [-0.1, -0.05) is 18.6 Å². The lowest BCUT2D eigenvalue weighted by Crippen LogP contribution is -2.51. The molecule has 1 aliphatic rings. The number of rotatable bonds is 5. The number of ether oxygens (including phenoxy) is 1. The average Bonchev–Trinajstić information content (AvgIpc) is 2.53. The van der Waals surface area contributed by atoms with E-state index in [0.717, 1.165) is 32.4 Å². The maximum Gasteiger partial charge on any atom is 0.327 e. The van der Waals surface area contributed by atoms with Gasteiger partial charge in [-0.25, -0.2) is 5.01 Å². The summed E-state index contributed by atoms with van der Waals surface area (Å²) < 4.78 is 4.99. The van der Waals surface area contributed by atoms with Gasteiger partial charge in [0, 0.05) is 18.8 Å². The van der Waals surface area contributed by atoms with Gasteiger partial charge < -0.3 is 10.5 Å². The Balaban J connectivity index is 2.20. The Morgan fingerprint density at radius 3 is 2.55 bits per heavy atom. The Bertz CT molecular complexity index is 527. The highest BCUT2D eigenvalue weighted by molar-refractivity contribution is 6.00. The van der Waals surface area contributed by atoms with Crippen LogP contribution in [0.1, 0.15) is 36.5 Å². The predicted octanol–water partition coefficient (Wildman–Crippen LogP) is 1.67. The van der Waals surface area contributed by atoms with E-state index < -0.39 is 5.97 Å². The van der Waals surface area contributed by atoms with E-state index >= 15 is 0 Å². The van der Waals surface area contributed by atoms with Crippen molar-refractivity contribution in [3.05, 3.63) is 29.8 Å². The first-order valence-corrected chi connectivity index (χ1v) is 7.70. The largest absolute Gasteiger partial charge is 0.465 e. The van der Waals surface area contributed by atoms with Gasteiger partial charge in [0.1, 0.15) is 6.54 Å². The molecular formula is C16H23N3O3. The monoisotopic (exact) mass is 305 g/mol. The van der Waals surface area contributed by atoms with Crippen molar-refractivity contribution in [3.8, 4) is 0 Å². The van der Waals surface area contributed by atoms with Crippen LogP contribution in [0.15, 0.2) is 24.3 Å². The number of piperidine rings is 1. The quantitative estimate of drug-likeness (QED) is 0.661. The van der Waals surface area contributed by atoms with Crippen LogP contribution in [0.25, 0.3) is 0 Å². The summed E-state index contributed by atoms with van der Waals surface area (Å²) in [5.41, 5.74) is 6.73. The first kappa shape index (κ1) is 16.3. The molecule has 0 bridgehead atoms. The molecule has 1 heterocycles. The van der Waals surface area contributed by atoms with Crippen LogP contribution in [-0.2, 0) is 9.53 Å². The molecule has 1 saturated heterocycles. The number of nitrogens with two attached hydrogens (primary N) is 1. The Morgan fingerprint density at radius 2 is 1.91 bits per heavy atom. The summed E-state index contributed by atoms with van der Waals surface area (Å²) in [5.74, 6) is -0.663. The molecule has 6 heteroatoms. The van der Waals surface area contributed by atoms with Gasteiger partial charge in [0.05, 0.1) is 12.2 Å². The first-order valence-electron chi connectivity index (χ1n) is 7.70. The minimum absolute atomic E-state index is 0.0823. The summed E-state index contributed by atoms with van der Waals surface area (Å²) >= 11 is 0. The smallest absolute Gasteiger partial charge is 0.327 e. The zero-order chi connectivity index (χ0) is 15.9. The van der Waals surface area contributed by atoms with Gasteiger partial charge in [-0.2, -0.15) is 0 Å². The second-order valence-corrected chi connectivity index (χ2v) is 5.27. The summed E-state index contributed by atoms with van der Waals surface area (Å²) in [6.07, 6.45) is 3.17. The van der Waals surface area contributed by atoms with Crippen LogP contribution < -0.4 is 5.73 Å². The van der Waals surface area contributed by atoms with Gasteiger partial charge in [0.25, 0.3) is 5.91 Å². The number of para-hydroxylation sites is 1. The molecule has 1 aliphatic heterocycles. The number of hydrogen-bond donors (Lipinski definition) is 1. The summed E-state index contributed by atoms with van der Waals surface area (Å²) in [6, 6.07) is 6.91. The van der Waals surface area contributed by atoms with E-state index in [1.54, 1.807) is 31.2 Å². The number of esters is 1. The molecule has 6 nitrogen and oxygen atoms in total. The molecule has 0 aromatic heterocycles. The van der Waals surface area contributed by atoms with Gasteiger partial charge in [-0.15, -0.1) is 0 Å². The Hall–Kier alpha value is -2.08. The van der Waals surface area contributed by atoms with Crippen LogP contribution in [0.2, 0.25) is 0 Å². The van der Waals surface area contributed by atoms with E-state index in [1.807, 2.05) is 5.01 Å². The third-order valence-corrected chi connectivity index (χ3v) is 3.68. The summed E-state index contributed by atoms with van der Waals surface area (Å²) in [5, 5.41) is 3.40. The van der Waals surface area contributed by atoms with Crippen LogP contribution in [0.3, 0.4) is 0 Å². The standard InChI is InChI=1S/C16H23N3O3/c1-2-22-15(20)12-19(18-10-6-3-7-11-18)16(21)13-8-4-5-9-14(13)17/h4-5,8-9H,2-3,6-7,10-12,17H2,1H3. The van der Waals surface area contributed by atoms with Gasteiger partial charge in [-0.3, -0.25) is 14.6 Å². The van der Waals surface area contributed by atoms with Crippen molar-refractivity contribution >= 4 is 17.6 Å². The number of benzene rings is 1. The fraction of sp³-hybridized carbons (Fsp3) is 0.500. The van der Waals surface area contributed by atoms with Crippen molar-refractivity contribution in [1.29, 1.82) is 0 Å². The minimum Gasteiger partial charge on any atom is -0.465 e. The number of carbonyl (C=O) groups is 2. The average molecular weight is 305 g/mol. The number of nitrogens with zero attached hydrogens (tertiary/aromatic N) is 2. The molecule has 0 unspecified atom stereocenters. The molecule has 120 valence electrons. The topological polar surface area (TPSA) is 75.9 Å². The molecule has 0 aliphatic carbocycles. The molecule has 0 spiro atoms. The number of anilines is 1. The second kappa shape index (κ2) is 7.79. The van der Waals surface area contributed by atoms with Gasteiger partial charge >= 0.3 is 5.97 Å². The molecule has 0 atom stereocenters. The Labute approximate surface area is 130 Å². The predicted molar refractivity (Wildman–Crippen MR) is 83.9 cm³/mol. The van der Waals surface area contributed by atoms with Crippen LogP contribution >= 0.6 is 0 Å². The number of amides is 1.